The second kappa shape index (κ2) is 9.55. The third kappa shape index (κ3) is 5.75. The van der Waals surface area contributed by atoms with Crippen LogP contribution in [0, 0.1) is 11.3 Å². The highest BCUT2D eigenvalue weighted by atomic mass is 35.5. The molecule has 0 radical (unpaired) electrons. The summed E-state index contributed by atoms with van der Waals surface area (Å²) in [5, 5.41) is 9.76. The van der Waals surface area contributed by atoms with Crippen molar-refractivity contribution in [1.82, 2.24) is 0 Å². The summed E-state index contributed by atoms with van der Waals surface area (Å²) in [6.07, 6.45) is 7.33. The average molecular weight is 292 g/mol. The molecule has 1 rings (SSSR count). The van der Waals surface area contributed by atoms with E-state index in [1.165, 1.54) is 25.7 Å². The minimum Gasteiger partial charge on any atom is -0.298 e. The Labute approximate surface area is 126 Å². The van der Waals surface area contributed by atoms with Gasteiger partial charge in [-0.2, -0.15) is 5.26 Å². The van der Waals surface area contributed by atoms with Gasteiger partial charge in [0.2, 0.25) is 0 Å². The van der Waals surface area contributed by atoms with E-state index in [1.807, 2.05) is 0 Å². The second-order valence-electron chi connectivity index (χ2n) is 5.10. The molecule has 0 heterocycles. The van der Waals surface area contributed by atoms with E-state index in [0.717, 1.165) is 12.8 Å². The Balaban J connectivity index is 2.42. The number of nitriles is 1. The van der Waals surface area contributed by atoms with Crippen molar-refractivity contribution in [1.29, 1.82) is 5.26 Å². The number of carbonyl (C=O) groups is 1. The van der Waals surface area contributed by atoms with Gasteiger partial charge in [-0.25, -0.2) is 0 Å². The van der Waals surface area contributed by atoms with Crippen LogP contribution in [0.5, 0.6) is 0 Å². The molecule has 0 saturated carbocycles. The first-order valence-corrected chi connectivity index (χ1v) is 7.74. The third-order valence-electron chi connectivity index (χ3n) is 3.41. The molecule has 20 heavy (non-hydrogen) atoms. The fourth-order valence-electron chi connectivity index (χ4n) is 2.24. The Bertz CT molecular complexity index is 464. The summed E-state index contributed by atoms with van der Waals surface area (Å²) in [7, 11) is 0. The van der Waals surface area contributed by atoms with E-state index in [4.69, 9.17) is 11.6 Å². The van der Waals surface area contributed by atoms with Gasteiger partial charge in [-0.3, -0.25) is 4.79 Å². The van der Waals surface area contributed by atoms with Crippen LogP contribution in [0.3, 0.4) is 0 Å². The van der Waals surface area contributed by atoms with Gasteiger partial charge in [0.1, 0.15) is 5.92 Å². The van der Waals surface area contributed by atoms with Gasteiger partial charge in [0, 0.05) is 11.4 Å². The number of ketones is 1. The van der Waals surface area contributed by atoms with E-state index < -0.39 is 5.92 Å². The van der Waals surface area contributed by atoms with Crippen molar-refractivity contribution in [3.8, 4) is 6.07 Å². The SMILES string of the molecule is CCCCCCCCC(=O)C(C#N)c1cccc(Cl)c1. The van der Waals surface area contributed by atoms with Crippen molar-refractivity contribution in [2.24, 2.45) is 0 Å². The van der Waals surface area contributed by atoms with Gasteiger partial charge in [0.25, 0.3) is 0 Å². The summed E-state index contributed by atoms with van der Waals surface area (Å²) in [5.74, 6) is -0.672. The molecule has 0 aromatic heterocycles. The zero-order chi connectivity index (χ0) is 14.8. The number of benzene rings is 1. The topological polar surface area (TPSA) is 40.9 Å². The van der Waals surface area contributed by atoms with Crippen LogP contribution in [0.1, 0.15) is 63.4 Å². The number of nitrogens with zero attached hydrogens (tertiary/aromatic N) is 1. The summed E-state index contributed by atoms with van der Waals surface area (Å²) in [6.45, 7) is 2.19. The standard InChI is InChI=1S/C17H22ClNO/c1-2-3-4-5-6-7-11-17(20)16(13-19)14-9-8-10-15(18)12-14/h8-10,12,16H,2-7,11H2,1H3. The molecule has 1 atom stereocenters. The van der Waals surface area contributed by atoms with Crippen molar-refractivity contribution in [3.63, 3.8) is 0 Å². The predicted molar refractivity (Wildman–Crippen MR) is 82.8 cm³/mol. The monoisotopic (exact) mass is 291 g/mol. The molecule has 0 amide bonds. The number of hydrogen-bond acceptors (Lipinski definition) is 2. The molecule has 108 valence electrons. The zero-order valence-corrected chi connectivity index (χ0v) is 12.8. The minimum absolute atomic E-state index is 0.00487. The molecule has 1 unspecified atom stereocenters. The van der Waals surface area contributed by atoms with Gasteiger partial charge in [0.05, 0.1) is 6.07 Å². The molecule has 3 heteroatoms. The van der Waals surface area contributed by atoms with Gasteiger partial charge in [0.15, 0.2) is 5.78 Å². The van der Waals surface area contributed by atoms with Gasteiger partial charge in [-0.1, -0.05) is 62.8 Å². The lowest BCUT2D eigenvalue weighted by molar-refractivity contribution is -0.119. The first kappa shape index (κ1) is 16.7. The molecule has 0 aliphatic rings. The number of Topliss-reactive ketones (excluding diaryl/α,β-unsaturated/α-hetero) is 1. The Morgan fingerprint density at radius 1 is 1.25 bits per heavy atom. The van der Waals surface area contributed by atoms with Crippen LogP contribution >= 0.6 is 11.6 Å². The first-order valence-electron chi connectivity index (χ1n) is 7.36. The van der Waals surface area contributed by atoms with Gasteiger partial charge in [-0.05, 0) is 24.1 Å². The largest absolute Gasteiger partial charge is 0.298 e. The third-order valence-corrected chi connectivity index (χ3v) is 3.64. The van der Waals surface area contributed by atoms with E-state index >= 15 is 0 Å². The predicted octanol–water partition coefficient (Wildman–Crippen LogP) is 5.27. The Hall–Kier alpha value is -1.33. The molecule has 0 aliphatic carbocycles. The fraction of sp³-hybridized carbons (Fsp3) is 0.529. The maximum Gasteiger partial charge on any atom is 0.154 e. The van der Waals surface area contributed by atoms with Crippen LogP contribution in [0.2, 0.25) is 5.02 Å². The van der Waals surface area contributed by atoms with Gasteiger partial charge in [-0.15, -0.1) is 0 Å². The quantitative estimate of drug-likeness (QED) is 0.582. The summed E-state index contributed by atoms with van der Waals surface area (Å²) in [5.41, 5.74) is 0.705. The number of hydrogen-bond donors (Lipinski definition) is 0. The summed E-state index contributed by atoms with van der Waals surface area (Å²) in [4.78, 5) is 12.1. The van der Waals surface area contributed by atoms with Crippen LogP contribution in [0.4, 0.5) is 0 Å². The van der Waals surface area contributed by atoms with Crippen molar-refractivity contribution >= 4 is 17.4 Å². The van der Waals surface area contributed by atoms with E-state index in [0.29, 0.717) is 17.0 Å². The Morgan fingerprint density at radius 3 is 2.60 bits per heavy atom. The molecule has 0 N–H and O–H groups in total. The molecule has 0 spiro atoms. The van der Waals surface area contributed by atoms with Crippen LogP contribution in [0.25, 0.3) is 0 Å². The number of carbonyl (C=O) groups excluding carboxylic acids is 1. The van der Waals surface area contributed by atoms with Crippen molar-refractivity contribution in [3.05, 3.63) is 34.9 Å². The lowest BCUT2D eigenvalue weighted by Gasteiger charge is -2.09. The Morgan fingerprint density at radius 2 is 1.95 bits per heavy atom. The number of halogens is 1. The van der Waals surface area contributed by atoms with Crippen LogP contribution in [-0.2, 0) is 4.79 Å². The smallest absolute Gasteiger partial charge is 0.154 e. The van der Waals surface area contributed by atoms with Crippen molar-refractivity contribution in [2.45, 2.75) is 57.8 Å². The molecule has 1 aromatic rings. The minimum atomic E-state index is -0.677. The lowest BCUT2D eigenvalue weighted by Crippen LogP contribution is -2.10. The van der Waals surface area contributed by atoms with Gasteiger partial charge < -0.3 is 0 Å². The zero-order valence-electron chi connectivity index (χ0n) is 12.1. The van der Waals surface area contributed by atoms with Crippen molar-refractivity contribution in [2.75, 3.05) is 0 Å². The van der Waals surface area contributed by atoms with Crippen molar-refractivity contribution < 1.29 is 4.79 Å². The molecule has 2 nitrogen and oxygen atoms in total. The first-order chi connectivity index (χ1) is 9.69. The Kier molecular flexibility index (Phi) is 7.99. The maximum atomic E-state index is 12.1. The van der Waals surface area contributed by atoms with Gasteiger partial charge >= 0.3 is 0 Å². The molecule has 0 aliphatic heterocycles. The summed E-state index contributed by atoms with van der Waals surface area (Å²) < 4.78 is 0. The average Bonchev–Trinajstić information content (AvgIpc) is 2.43. The van der Waals surface area contributed by atoms with Crippen LogP contribution < -0.4 is 0 Å². The number of rotatable bonds is 9. The highest BCUT2D eigenvalue weighted by Gasteiger charge is 2.19. The normalized spacial score (nSPS) is 11.8. The maximum absolute atomic E-state index is 12.1. The highest BCUT2D eigenvalue weighted by molar-refractivity contribution is 6.30. The van der Waals surface area contributed by atoms with Crippen LogP contribution in [-0.4, -0.2) is 5.78 Å². The molecular weight excluding hydrogens is 270 g/mol. The lowest BCUT2D eigenvalue weighted by atomic mass is 9.93. The van der Waals surface area contributed by atoms with Crippen LogP contribution in [0.15, 0.2) is 24.3 Å². The molecule has 1 aromatic carbocycles. The second-order valence-corrected chi connectivity index (χ2v) is 5.54. The van der Waals surface area contributed by atoms with E-state index in [9.17, 15) is 10.1 Å². The van der Waals surface area contributed by atoms with E-state index in [2.05, 4.69) is 13.0 Å². The molecule has 0 saturated heterocycles. The summed E-state index contributed by atoms with van der Waals surface area (Å²) in [6, 6.07) is 9.12. The molecule has 0 fully saturated rings. The van der Waals surface area contributed by atoms with E-state index in [-0.39, 0.29) is 5.78 Å². The molecular formula is C17H22ClNO. The van der Waals surface area contributed by atoms with E-state index in [1.54, 1.807) is 24.3 Å². The number of unbranched alkanes of at least 4 members (excludes halogenated alkanes) is 5. The highest BCUT2D eigenvalue weighted by Crippen LogP contribution is 2.22. The fourth-order valence-corrected chi connectivity index (χ4v) is 2.44. The summed E-state index contributed by atoms with van der Waals surface area (Å²) >= 11 is 5.91. The molecule has 0 bridgehead atoms.